The zero-order valence-corrected chi connectivity index (χ0v) is 12.4. The first-order chi connectivity index (χ1) is 9.26. The highest BCUT2D eigenvalue weighted by atomic mass is 35.5. The van der Waals surface area contributed by atoms with E-state index < -0.39 is 0 Å². The number of hydrogen-bond donors (Lipinski definition) is 1. The molecule has 1 aromatic heterocycles. The molecule has 1 N–H and O–H groups in total. The Morgan fingerprint density at radius 1 is 1.42 bits per heavy atom. The van der Waals surface area contributed by atoms with Crippen LogP contribution in [0.3, 0.4) is 0 Å². The average Bonchev–Trinajstić information content (AvgIpc) is 2.76. The molecule has 6 heteroatoms. The van der Waals surface area contributed by atoms with Crippen molar-refractivity contribution in [2.75, 3.05) is 26.4 Å². The molecule has 19 heavy (non-hydrogen) atoms. The highest BCUT2D eigenvalue weighted by molar-refractivity contribution is 6.31. The largest absolute Gasteiger partial charge is 0.376 e. The summed E-state index contributed by atoms with van der Waals surface area (Å²) in [5, 5.41) is 8.66. The molecule has 5 nitrogen and oxygen atoms in total. The lowest BCUT2D eigenvalue weighted by Gasteiger charge is -2.23. The number of ether oxygens (including phenoxy) is 2. The molecule has 1 unspecified atom stereocenters. The van der Waals surface area contributed by atoms with Crippen LogP contribution in [0.1, 0.15) is 25.2 Å². The van der Waals surface area contributed by atoms with Crippen molar-refractivity contribution in [2.24, 2.45) is 0 Å². The number of aromatic nitrogens is 2. The molecule has 0 spiro atoms. The molecule has 0 radical (unpaired) electrons. The standard InChI is InChI=1S/C13H22ClN3O2/c1-3-11-13(14)12(17(4-2)16-11)8-15-7-10-9-18-5-6-19-10/h10,15H,3-9H2,1-2H3. The number of rotatable bonds is 6. The van der Waals surface area contributed by atoms with Gasteiger partial charge in [-0.15, -0.1) is 0 Å². The summed E-state index contributed by atoms with van der Waals surface area (Å²) in [5.74, 6) is 0. The van der Waals surface area contributed by atoms with Gasteiger partial charge in [-0.2, -0.15) is 5.10 Å². The fourth-order valence-electron chi connectivity index (χ4n) is 2.19. The highest BCUT2D eigenvalue weighted by Crippen LogP contribution is 2.21. The molecular weight excluding hydrogens is 266 g/mol. The van der Waals surface area contributed by atoms with Crippen LogP contribution in [0.25, 0.3) is 0 Å². The van der Waals surface area contributed by atoms with Crippen LogP contribution in [0.15, 0.2) is 0 Å². The summed E-state index contributed by atoms with van der Waals surface area (Å²) in [5.41, 5.74) is 2.02. The number of nitrogens with one attached hydrogen (secondary N) is 1. The van der Waals surface area contributed by atoms with Crippen LogP contribution in [0.2, 0.25) is 5.02 Å². The van der Waals surface area contributed by atoms with Gasteiger partial charge < -0.3 is 14.8 Å². The van der Waals surface area contributed by atoms with Crippen LogP contribution in [-0.4, -0.2) is 42.2 Å². The van der Waals surface area contributed by atoms with Crippen LogP contribution in [0.5, 0.6) is 0 Å². The molecule has 2 heterocycles. The summed E-state index contributed by atoms with van der Waals surface area (Å²) in [6.45, 7) is 8.49. The first-order valence-electron chi connectivity index (χ1n) is 6.90. The van der Waals surface area contributed by atoms with Gasteiger partial charge in [-0.3, -0.25) is 4.68 Å². The Kier molecular flexibility index (Phi) is 5.63. The predicted octanol–water partition coefficient (Wildman–Crippen LogP) is 1.62. The van der Waals surface area contributed by atoms with Crippen molar-refractivity contribution in [3.05, 3.63) is 16.4 Å². The second-order valence-electron chi connectivity index (χ2n) is 4.58. The summed E-state index contributed by atoms with van der Waals surface area (Å²) < 4.78 is 12.9. The van der Waals surface area contributed by atoms with Gasteiger partial charge in [-0.05, 0) is 13.3 Å². The highest BCUT2D eigenvalue weighted by Gasteiger charge is 2.16. The van der Waals surface area contributed by atoms with E-state index in [0.717, 1.165) is 35.9 Å². The molecule has 1 aliphatic heterocycles. The Morgan fingerprint density at radius 2 is 2.26 bits per heavy atom. The summed E-state index contributed by atoms with van der Waals surface area (Å²) in [6, 6.07) is 0. The third-order valence-corrected chi connectivity index (χ3v) is 3.68. The SMILES string of the molecule is CCc1nn(CC)c(CNCC2COCCO2)c1Cl. The molecule has 1 saturated heterocycles. The minimum Gasteiger partial charge on any atom is -0.376 e. The number of halogens is 1. The van der Waals surface area contributed by atoms with Crippen molar-refractivity contribution in [1.82, 2.24) is 15.1 Å². The van der Waals surface area contributed by atoms with Gasteiger partial charge in [0.25, 0.3) is 0 Å². The third kappa shape index (κ3) is 3.69. The number of aryl methyl sites for hydroxylation is 2. The van der Waals surface area contributed by atoms with Gasteiger partial charge in [0.1, 0.15) is 0 Å². The first-order valence-corrected chi connectivity index (χ1v) is 7.28. The topological polar surface area (TPSA) is 48.3 Å². The van der Waals surface area contributed by atoms with Gasteiger partial charge in [-0.1, -0.05) is 18.5 Å². The second kappa shape index (κ2) is 7.24. The van der Waals surface area contributed by atoms with Crippen molar-refractivity contribution >= 4 is 11.6 Å². The van der Waals surface area contributed by atoms with E-state index in [9.17, 15) is 0 Å². The van der Waals surface area contributed by atoms with Crippen molar-refractivity contribution in [2.45, 2.75) is 39.5 Å². The summed E-state index contributed by atoms with van der Waals surface area (Å²) in [7, 11) is 0. The smallest absolute Gasteiger partial charge is 0.0933 e. The summed E-state index contributed by atoms with van der Waals surface area (Å²) in [4.78, 5) is 0. The van der Waals surface area contributed by atoms with Crippen molar-refractivity contribution in [3.63, 3.8) is 0 Å². The second-order valence-corrected chi connectivity index (χ2v) is 4.95. The van der Waals surface area contributed by atoms with Crippen LogP contribution in [-0.2, 0) is 29.0 Å². The van der Waals surface area contributed by atoms with Gasteiger partial charge in [-0.25, -0.2) is 0 Å². The maximum absolute atomic E-state index is 6.35. The molecule has 1 fully saturated rings. The fraction of sp³-hybridized carbons (Fsp3) is 0.769. The predicted molar refractivity (Wildman–Crippen MR) is 74.6 cm³/mol. The molecule has 1 aromatic rings. The van der Waals surface area contributed by atoms with E-state index in [1.54, 1.807) is 0 Å². The van der Waals surface area contributed by atoms with E-state index in [1.165, 1.54) is 0 Å². The molecule has 1 atom stereocenters. The third-order valence-electron chi connectivity index (χ3n) is 3.24. The van der Waals surface area contributed by atoms with Gasteiger partial charge in [0, 0.05) is 19.6 Å². The van der Waals surface area contributed by atoms with Crippen molar-refractivity contribution in [1.29, 1.82) is 0 Å². The Balaban J connectivity index is 1.89. The monoisotopic (exact) mass is 287 g/mol. The van der Waals surface area contributed by atoms with E-state index in [-0.39, 0.29) is 6.10 Å². The molecule has 0 aromatic carbocycles. The lowest BCUT2D eigenvalue weighted by Crippen LogP contribution is -2.37. The van der Waals surface area contributed by atoms with E-state index in [0.29, 0.717) is 26.4 Å². The summed E-state index contributed by atoms with van der Waals surface area (Å²) in [6.07, 6.45) is 0.995. The minimum atomic E-state index is 0.135. The maximum atomic E-state index is 6.35. The zero-order chi connectivity index (χ0) is 13.7. The van der Waals surface area contributed by atoms with Crippen LogP contribution in [0.4, 0.5) is 0 Å². The maximum Gasteiger partial charge on any atom is 0.0933 e. The molecule has 2 rings (SSSR count). The van der Waals surface area contributed by atoms with Crippen LogP contribution in [0, 0.1) is 0 Å². The Labute approximate surface area is 119 Å². The van der Waals surface area contributed by atoms with Gasteiger partial charge in [0.05, 0.1) is 42.3 Å². The summed E-state index contributed by atoms with van der Waals surface area (Å²) >= 11 is 6.35. The lowest BCUT2D eigenvalue weighted by molar-refractivity contribution is -0.0864. The van der Waals surface area contributed by atoms with Crippen molar-refractivity contribution < 1.29 is 9.47 Å². The van der Waals surface area contributed by atoms with Gasteiger partial charge in [0.15, 0.2) is 0 Å². The molecular formula is C13H22ClN3O2. The lowest BCUT2D eigenvalue weighted by atomic mass is 10.3. The Morgan fingerprint density at radius 3 is 2.89 bits per heavy atom. The molecule has 108 valence electrons. The number of hydrogen-bond acceptors (Lipinski definition) is 4. The Bertz CT molecular complexity index is 403. The normalized spacial score (nSPS) is 19.8. The van der Waals surface area contributed by atoms with E-state index in [1.807, 2.05) is 4.68 Å². The Hall–Kier alpha value is -0.620. The first kappa shape index (κ1) is 14.8. The molecule has 0 bridgehead atoms. The van der Waals surface area contributed by atoms with Crippen LogP contribution < -0.4 is 5.32 Å². The minimum absolute atomic E-state index is 0.135. The number of nitrogens with zero attached hydrogens (tertiary/aromatic N) is 2. The molecule has 0 aliphatic carbocycles. The van der Waals surface area contributed by atoms with E-state index in [2.05, 4.69) is 24.3 Å². The van der Waals surface area contributed by atoms with Crippen LogP contribution >= 0.6 is 11.6 Å². The fourth-order valence-corrected chi connectivity index (χ4v) is 2.53. The average molecular weight is 288 g/mol. The van der Waals surface area contributed by atoms with E-state index in [4.69, 9.17) is 21.1 Å². The zero-order valence-electron chi connectivity index (χ0n) is 11.6. The molecule has 0 amide bonds. The van der Waals surface area contributed by atoms with Gasteiger partial charge in [0.2, 0.25) is 0 Å². The molecule has 1 aliphatic rings. The quantitative estimate of drug-likeness (QED) is 0.864. The van der Waals surface area contributed by atoms with Gasteiger partial charge >= 0.3 is 0 Å². The van der Waals surface area contributed by atoms with Crippen molar-refractivity contribution in [3.8, 4) is 0 Å². The molecule has 0 saturated carbocycles. The van der Waals surface area contributed by atoms with E-state index >= 15 is 0 Å².